The van der Waals surface area contributed by atoms with Crippen molar-refractivity contribution in [3.8, 4) is 0 Å². The number of likely N-dealkylation sites (tertiary alicyclic amines) is 1. The van der Waals surface area contributed by atoms with Crippen LogP contribution in [-0.4, -0.2) is 94.6 Å². The highest BCUT2D eigenvalue weighted by Crippen LogP contribution is 2.60. The molecular formula is C24H28BrN5O6. The average molecular weight is 562 g/mol. The zero-order chi connectivity index (χ0) is 25.8. The average Bonchev–Trinajstić information content (AvgIpc) is 3.57. The van der Waals surface area contributed by atoms with Crippen molar-refractivity contribution in [2.75, 3.05) is 13.2 Å². The number of carboxylic acid groups (broad SMARTS) is 1. The van der Waals surface area contributed by atoms with Crippen molar-refractivity contribution in [1.29, 1.82) is 0 Å². The predicted molar refractivity (Wildman–Crippen MR) is 131 cm³/mol. The molecule has 1 aromatic heterocycles. The van der Waals surface area contributed by atoms with Gasteiger partial charge in [-0.1, -0.05) is 46.3 Å². The summed E-state index contributed by atoms with van der Waals surface area (Å²) in [7, 11) is 0. The summed E-state index contributed by atoms with van der Waals surface area (Å²) in [4.78, 5) is 42.9. The number of fused-ring (bicyclic) bond motifs is 2. The molecule has 4 heterocycles. The maximum atomic E-state index is 14.3. The zero-order valence-electron chi connectivity index (χ0n) is 19.7. The van der Waals surface area contributed by atoms with E-state index in [-0.39, 0.29) is 24.6 Å². The molecule has 3 saturated heterocycles. The Morgan fingerprint density at radius 1 is 1.42 bits per heavy atom. The third kappa shape index (κ3) is 3.49. The number of hydrogen-bond donors (Lipinski definition) is 2. The summed E-state index contributed by atoms with van der Waals surface area (Å²) in [6.45, 7) is 5.44. The second kappa shape index (κ2) is 9.24. The lowest BCUT2D eigenvalue weighted by Crippen LogP contribution is -2.59. The van der Waals surface area contributed by atoms with E-state index in [2.05, 4.69) is 32.8 Å². The molecule has 12 heteroatoms. The van der Waals surface area contributed by atoms with Gasteiger partial charge in [0.05, 0.1) is 36.1 Å². The molecule has 3 fully saturated rings. The number of hydrogen-bond acceptors (Lipinski definition) is 7. The topological polar surface area (TPSA) is 138 Å². The molecule has 2 amide bonds. The van der Waals surface area contributed by atoms with Gasteiger partial charge in [-0.25, -0.2) is 4.68 Å². The fourth-order valence-electron chi connectivity index (χ4n) is 6.17. The largest absolute Gasteiger partial charge is 0.481 e. The number of nitrogens with zero attached hydrogens (tertiary/aromatic N) is 5. The van der Waals surface area contributed by atoms with Crippen molar-refractivity contribution < 1.29 is 29.3 Å². The number of carbonyl (C=O) groups excluding carboxylic acids is 2. The van der Waals surface area contributed by atoms with Gasteiger partial charge in [0, 0.05) is 11.4 Å². The highest BCUT2D eigenvalue weighted by atomic mass is 79.9. The van der Waals surface area contributed by atoms with Gasteiger partial charge in [0.1, 0.15) is 23.8 Å². The number of para-hydroxylation sites is 1. The van der Waals surface area contributed by atoms with Crippen molar-refractivity contribution in [3.63, 3.8) is 0 Å². The Hall–Kier alpha value is -2.83. The Morgan fingerprint density at radius 2 is 2.17 bits per heavy atom. The maximum Gasteiger partial charge on any atom is 0.310 e. The van der Waals surface area contributed by atoms with Gasteiger partial charge in [-0.2, -0.15) is 0 Å². The number of carbonyl (C=O) groups is 3. The number of aliphatic hydroxyl groups is 1. The van der Waals surface area contributed by atoms with Crippen LogP contribution >= 0.6 is 15.9 Å². The second-order valence-electron chi connectivity index (χ2n) is 9.56. The molecular weight excluding hydrogens is 534 g/mol. The van der Waals surface area contributed by atoms with Crippen molar-refractivity contribution in [2.24, 2.45) is 11.8 Å². The Labute approximate surface area is 215 Å². The highest BCUT2D eigenvalue weighted by molar-refractivity contribution is 9.09. The second-order valence-corrected chi connectivity index (χ2v) is 10.7. The molecule has 3 aliphatic rings. The van der Waals surface area contributed by atoms with E-state index in [1.807, 2.05) is 31.2 Å². The fourth-order valence-corrected chi connectivity index (χ4v) is 7.11. The first-order chi connectivity index (χ1) is 17.3. The van der Waals surface area contributed by atoms with Crippen molar-refractivity contribution in [2.45, 2.75) is 55.0 Å². The summed E-state index contributed by atoms with van der Waals surface area (Å²) in [5.74, 6) is -4.11. The Morgan fingerprint density at radius 3 is 2.83 bits per heavy atom. The number of rotatable bonds is 9. The standard InChI is InChI=1S/C24H28BrN5O6/c1-3-9-28(12-29-16-8-6-5-7-15(16)26-27-29)22(33)20-24-10-14(25)19(36-24)17(23(34)35)18(24)21(32)30(20)13(4-2)11-31/h3,5-8,13-14,17-20,31H,1,4,9-12H2,2H3,(H,34,35)/t13-,14?,17-,18+,19-,20-,24+/m0/s1. The van der Waals surface area contributed by atoms with Crippen LogP contribution in [0, 0.1) is 11.8 Å². The summed E-state index contributed by atoms with van der Waals surface area (Å²) >= 11 is 3.54. The summed E-state index contributed by atoms with van der Waals surface area (Å²) in [6.07, 6.45) is 1.55. The van der Waals surface area contributed by atoms with Gasteiger partial charge in [-0.3, -0.25) is 14.4 Å². The van der Waals surface area contributed by atoms with E-state index in [0.29, 0.717) is 18.4 Å². The number of aromatic nitrogens is 3. The molecule has 0 saturated carbocycles. The lowest BCUT2D eigenvalue weighted by atomic mass is 9.70. The van der Waals surface area contributed by atoms with Gasteiger partial charge in [0.2, 0.25) is 11.8 Å². The number of benzene rings is 1. The van der Waals surface area contributed by atoms with Gasteiger partial charge in [-0.15, -0.1) is 11.7 Å². The van der Waals surface area contributed by atoms with Crippen LogP contribution in [-0.2, 0) is 25.8 Å². The van der Waals surface area contributed by atoms with E-state index in [9.17, 15) is 24.6 Å². The number of amides is 2. The number of carboxylic acids is 1. The van der Waals surface area contributed by atoms with Crippen LogP contribution in [0.5, 0.6) is 0 Å². The molecule has 2 aromatic rings. The quantitative estimate of drug-likeness (QED) is 0.341. The minimum absolute atomic E-state index is 0.0457. The molecule has 7 atom stereocenters. The van der Waals surface area contributed by atoms with E-state index >= 15 is 0 Å². The molecule has 1 spiro atoms. The molecule has 11 nitrogen and oxygen atoms in total. The number of ether oxygens (including phenoxy) is 1. The molecule has 0 radical (unpaired) electrons. The summed E-state index contributed by atoms with van der Waals surface area (Å²) in [6, 6.07) is 5.60. The van der Waals surface area contributed by atoms with Crippen molar-refractivity contribution in [1.82, 2.24) is 24.8 Å². The minimum Gasteiger partial charge on any atom is -0.481 e. The van der Waals surface area contributed by atoms with Crippen LogP contribution in [0.4, 0.5) is 0 Å². The van der Waals surface area contributed by atoms with E-state index in [4.69, 9.17) is 4.74 Å². The van der Waals surface area contributed by atoms with Gasteiger partial charge < -0.3 is 24.7 Å². The zero-order valence-corrected chi connectivity index (χ0v) is 21.3. The minimum atomic E-state index is -1.32. The maximum absolute atomic E-state index is 14.3. The molecule has 0 aliphatic carbocycles. The van der Waals surface area contributed by atoms with Crippen LogP contribution in [0.3, 0.4) is 0 Å². The van der Waals surface area contributed by atoms with Crippen molar-refractivity contribution >= 4 is 44.7 Å². The third-order valence-electron chi connectivity index (χ3n) is 7.71. The van der Waals surface area contributed by atoms with Crippen molar-refractivity contribution in [3.05, 3.63) is 36.9 Å². The molecule has 36 heavy (non-hydrogen) atoms. The van der Waals surface area contributed by atoms with E-state index in [0.717, 1.165) is 5.52 Å². The monoisotopic (exact) mass is 561 g/mol. The first-order valence-corrected chi connectivity index (χ1v) is 12.9. The summed E-state index contributed by atoms with van der Waals surface area (Å²) < 4.78 is 7.89. The van der Waals surface area contributed by atoms with Gasteiger partial charge in [0.25, 0.3) is 0 Å². The highest BCUT2D eigenvalue weighted by Gasteiger charge is 2.77. The SMILES string of the molecule is C=CCN(Cn1nnc2ccccc21)C(=O)[C@@H]1N([C@@H](CC)CO)C(=O)[C@H]2[C@H](C(=O)O)[C@H]3O[C@@]12CC3Br. The van der Waals surface area contributed by atoms with Crippen LogP contribution < -0.4 is 0 Å². The molecule has 3 aliphatic heterocycles. The van der Waals surface area contributed by atoms with Crippen LogP contribution in [0.1, 0.15) is 19.8 Å². The third-order valence-corrected chi connectivity index (χ3v) is 8.55. The molecule has 1 aromatic carbocycles. The normalized spacial score (nSPS) is 31.6. The number of aliphatic hydroxyl groups excluding tert-OH is 1. The van der Waals surface area contributed by atoms with Gasteiger partial charge >= 0.3 is 5.97 Å². The van der Waals surface area contributed by atoms with Gasteiger partial charge in [-0.05, 0) is 25.0 Å². The lowest BCUT2D eigenvalue weighted by Gasteiger charge is -2.39. The van der Waals surface area contributed by atoms with E-state index in [1.54, 1.807) is 10.8 Å². The summed E-state index contributed by atoms with van der Waals surface area (Å²) in [5, 5.41) is 28.4. The van der Waals surface area contributed by atoms with Crippen LogP contribution in [0.25, 0.3) is 11.0 Å². The Kier molecular flexibility index (Phi) is 6.38. The number of aliphatic carboxylic acids is 1. The van der Waals surface area contributed by atoms with Gasteiger partial charge in [0.15, 0.2) is 0 Å². The first kappa shape index (κ1) is 24.8. The predicted octanol–water partition coefficient (Wildman–Crippen LogP) is 1.01. The van der Waals surface area contributed by atoms with E-state index in [1.165, 1.54) is 9.80 Å². The Bertz CT molecular complexity index is 1220. The molecule has 1 unspecified atom stereocenters. The number of alkyl halides is 1. The van der Waals surface area contributed by atoms with Crippen LogP contribution in [0.15, 0.2) is 36.9 Å². The van der Waals surface area contributed by atoms with E-state index < -0.39 is 53.4 Å². The van der Waals surface area contributed by atoms with Crippen LogP contribution in [0.2, 0.25) is 0 Å². The Balaban J connectivity index is 1.57. The summed E-state index contributed by atoms with van der Waals surface area (Å²) in [5.41, 5.74) is 0.0964. The smallest absolute Gasteiger partial charge is 0.310 e. The molecule has 5 rings (SSSR count). The first-order valence-electron chi connectivity index (χ1n) is 11.9. The molecule has 192 valence electrons. The number of halogens is 1. The fraction of sp³-hybridized carbons (Fsp3) is 0.542. The molecule has 2 bridgehead atoms. The lowest BCUT2D eigenvalue weighted by molar-refractivity contribution is -0.154. The molecule has 2 N–H and O–H groups in total.